The van der Waals surface area contributed by atoms with Gasteiger partial charge in [0.05, 0.1) is 6.54 Å². The lowest BCUT2D eigenvalue weighted by Crippen LogP contribution is -2.26. The smallest absolute Gasteiger partial charge is 0.122 e. The lowest BCUT2D eigenvalue weighted by Gasteiger charge is -2.19. The summed E-state index contributed by atoms with van der Waals surface area (Å²) < 4.78 is 2.15. The fraction of sp³-hybridized carbons (Fsp3) is 0.727. The molecule has 0 amide bonds. The third kappa shape index (κ3) is 3.64. The molecule has 0 unspecified atom stereocenters. The number of aliphatic hydroxyl groups excluding tert-OH is 1. The monoisotopic (exact) mass is 211 g/mol. The van der Waals surface area contributed by atoms with Crippen molar-refractivity contribution in [2.75, 3.05) is 19.7 Å². The third-order valence-corrected chi connectivity index (χ3v) is 2.59. The molecule has 1 aromatic rings. The van der Waals surface area contributed by atoms with Gasteiger partial charge in [-0.2, -0.15) is 0 Å². The first-order valence-electron chi connectivity index (χ1n) is 5.65. The number of rotatable bonds is 7. The second kappa shape index (κ2) is 6.58. The molecule has 0 saturated heterocycles. The van der Waals surface area contributed by atoms with Gasteiger partial charge in [-0.25, -0.2) is 4.98 Å². The van der Waals surface area contributed by atoms with Gasteiger partial charge in [0.15, 0.2) is 0 Å². The van der Waals surface area contributed by atoms with E-state index < -0.39 is 0 Å². The largest absolute Gasteiger partial charge is 0.396 e. The van der Waals surface area contributed by atoms with E-state index in [1.807, 2.05) is 12.4 Å². The number of aryl methyl sites for hydroxylation is 1. The summed E-state index contributed by atoms with van der Waals surface area (Å²) in [6.07, 6.45) is 4.69. The van der Waals surface area contributed by atoms with Crippen LogP contribution in [-0.2, 0) is 13.1 Å². The second-order valence-corrected chi connectivity index (χ2v) is 3.58. The Morgan fingerprint density at radius 2 is 2.27 bits per heavy atom. The maximum Gasteiger partial charge on any atom is 0.122 e. The number of aliphatic hydroxyl groups is 1. The standard InChI is InChI=1S/C11H21N3O/c1-3-13(7-5-9-15)10-11-12-6-8-14(11)4-2/h6,8,15H,3-5,7,9-10H2,1-2H3. The molecule has 0 aliphatic rings. The second-order valence-electron chi connectivity index (χ2n) is 3.58. The van der Waals surface area contributed by atoms with E-state index in [0.717, 1.165) is 38.4 Å². The van der Waals surface area contributed by atoms with Crippen LogP contribution in [0.15, 0.2) is 12.4 Å². The van der Waals surface area contributed by atoms with E-state index in [1.54, 1.807) is 0 Å². The molecular formula is C11H21N3O. The van der Waals surface area contributed by atoms with Crippen molar-refractivity contribution in [2.45, 2.75) is 33.4 Å². The normalized spacial score (nSPS) is 11.2. The van der Waals surface area contributed by atoms with Gasteiger partial charge in [0.2, 0.25) is 0 Å². The number of hydrogen-bond donors (Lipinski definition) is 1. The molecule has 0 aliphatic carbocycles. The highest BCUT2D eigenvalue weighted by Crippen LogP contribution is 2.03. The molecule has 0 fully saturated rings. The predicted octanol–water partition coefficient (Wildman–Crippen LogP) is 1.11. The predicted molar refractivity (Wildman–Crippen MR) is 60.6 cm³/mol. The molecule has 1 heterocycles. The van der Waals surface area contributed by atoms with Gasteiger partial charge < -0.3 is 9.67 Å². The first-order chi connectivity index (χ1) is 7.31. The van der Waals surface area contributed by atoms with Crippen molar-refractivity contribution in [3.05, 3.63) is 18.2 Å². The van der Waals surface area contributed by atoms with Gasteiger partial charge in [-0.3, -0.25) is 4.90 Å². The van der Waals surface area contributed by atoms with Gasteiger partial charge in [0.1, 0.15) is 5.82 Å². The molecule has 86 valence electrons. The molecule has 15 heavy (non-hydrogen) atoms. The Kier molecular flexibility index (Phi) is 5.36. The van der Waals surface area contributed by atoms with Gasteiger partial charge >= 0.3 is 0 Å². The minimum absolute atomic E-state index is 0.263. The van der Waals surface area contributed by atoms with Crippen LogP contribution in [0.3, 0.4) is 0 Å². The first kappa shape index (κ1) is 12.2. The van der Waals surface area contributed by atoms with Crippen LogP contribution in [0.4, 0.5) is 0 Å². The van der Waals surface area contributed by atoms with Crippen molar-refractivity contribution >= 4 is 0 Å². The first-order valence-corrected chi connectivity index (χ1v) is 5.65. The fourth-order valence-electron chi connectivity index (χ4n) is 1.62. The third-order valence-electron chi connectivity index (χ3n) is 2.59. The van der Waals surface area contributed by atoms with Crippen LogP contribution in [0.1, 0.15) is 26.1 Å². The van der Waals surface area contributed by atoms with Crippen LogP contribution < -0.4 is 0 Å². The SMILES string of the molecule is CCN(CCCO)Cc1nccn1CC. The number of imidazole rings is 1. The van der Waals surface area contributed by atoms with Crippen LogP contribution in [0.2, 0.25) is 0 Å². The van der Waals surface area contributed by atoms with E-state index in [0.29, 0.717) is 0 Å². The van der Waals surface area contributed by atoms with Crippen molar-refractivity contribution in [2.24, 2.45) is 0 Å². The molecule has 0 aromatic carbocycles. The van der Waals surface area contributed by atoms with Gasteiger partial charge in [0, 0.05) is 32.1 Å². The van der Waals surface area contributed by atoms with Gasteiger partial charge in [0.25, 0.3) is 0 Å². The average molecular weight is 211 g/mol. The van der Waals surface area contributed by atoms with E-state index in [4.69, 9.17) is 5.11 Å². The minimum atomic E-state index is 0.263. The van der Waals surface area contributed by atoms with E-state index in [9.17, 15) is 0 Å². The Hall–Kier alpha value is -0.870. The van der Waals surface area contributed by atoms with Gasteiger partial charge in [-0.05, 0) is 19.9 Å². The summed E-state index contributed by atoms with van der Waals surface area (Å²) in [6, 6.07) is 0. The van der Waals surface area contributed by atoms with Crippen LogP contribution in [0.5, 0.6) is 0 Å². The molecule has 1 N–H and O–H groups in total. The zero-order valence-corrected chi connectivity index (χ0v) is 9.69. The van der Waals surface area contributed by atoms with Crippen LogP contribution >= 0.6 is 0 Å². The lowest BCUT2D eigenvalue weighted by molar-refractivity contribution is 0.220. The Bertz CT molecular complexity index is 273. The summed E-state index contributed by atoms with van der Waals surface area (Å²) in [5, 5.41) is 8.79. The zero-order chi connectivity index (χ0) is 11.1. The van der Waals surface area contributed by atoms with Crippen LogP contribution in [0, 0.1) is 0 Å². The molecule has 0 bridgehead atoms. The van der Waals surface area contributed by atoms with Crippen molar-refractivity contribution in [3.8, 4) is 0 Å². The average Bonchev–Trinajstić information content (AvgIpc) is 2.71. The van der Waals surface area contributed by atoms with E-state index in [1.165, 1.54) is 0 Å². The Morgan fingerprint density at radius 1 is 1.47 bits per heavy atom. The maximum absolute atomic E-state index is 8.79. The topological polar surface area (TPSA) is 41.3 Å². The molecule has 0 saturated carbocycles. The maximum atomic E-state index is 8.79. The summed E-state index contributed by atoms with van der Waals surface area (Å²) in [5.74, 6) is 1.11. The quantitative estimate of drug-likeness (QED) is 0.734. The van der Waals surface area contributed by atoms with E-state index in [2.05, 4.69) is 28.3 Å². The Balaban J connectivity index is 2.50. The highest BCUT2D eigenvalue weighted by Gasteiger charge is 2.07. The summed E-state index contributed by atoms with van der Waals surface area (Å²) in [5.41, 5.74) is 0. The summed E-state index contributed by atoms with van der Waals surface area (Å²) >= 11 is 0. The van der Waals surface area contributed by atoms with Crippen molar-refractivity contribution in [3.63, 3.8) is 0 Å². The van der Waals surface area contributed by atoms with E-state index in [-0.39, 0.29) is 6.61 Å². The molecule has 0 aliphatic heterocycles. The molecule has 0 radical (unpaired) electrons. The Labute approximate surface area is 91.5 Å². The van der Waals surface area contributed by atoms with Gasteiger partial charge in [-0.15, -0.1) is 0 Å². The lowest BCUT2D eigenvalue weighted by atomic mass is 10.3. The van der Waals surface area contributed by atoms with Crippen LogP contribution in [0.25, 0.3) is 0 Å². The van der Waals surface area contributed by atoms with Crippen molar-refractivity contribution < 1.29 is 5.11 Å². The molecule has 1 rings (SSSR count). The summed E-state index contributed by atoms with van der Waals surface area (Å²) in [4.78, 5) is 6.64. The molecule has 4 heteroatoms. The van der Waals surface area contributed by atoms with Crippen molar-refractivity contribution in [1.29, 1.82) is 0 Å². The van der Waals surface area contributed by atoms with Gasteiger partial charge in [-0.1, -0.05) is 6.92 Å². The molecule has 4 nitrogen and oxygen atoms in total. The minimum Gasteiger partial charge on any atom is -0.396 e. The highest BCUT2D eigenvalue weighted by atomic mass is 16.3. The number of hydrogen-bond acceptors (Lipinski definition) is 3. The number of aromatic nitrogens is 2. The highest BCUT2D eigenvalue weighted by molar-refractivity contribution is 4.91. The molecule has 0 spiro atoms. The van der Waals surface area contributed by atoms with Crippen molar-refractivity contribution in [1.82, 2.24) is 14.5 Å². The molecule has 0 atom stereocenters. The van der Waals surface area contributed by atoms with Crippen LogP contribution in [-0.4, -0.2) is 39.3 Å². The fourth-order valence-corrected chi connectivity index (χ4v) is 1.62. The van der Waals surface area contributed by atoms with E-state index >= 15 is 0 Å². The summed E-state index contributed by atoms with van der Waals surface area (Å²) in [6.45, 7) is 8.29. The Morgan fingerprint density at radius 3 is 2.87 bits per heavy atom. The number of nitrogens with zero attached hydrogens (tertiary/aromatic N) is 3. The molecule has 1 aromatic heterocycles. The summed E-state index contributed by atoms with van der Waals surface area (Å²) in [7, 11) is 0. The zero-order valence-electron chi connectivity index (χ0n) is 9.69. The molecular weight excluding hydrogens is 190 g/mol.